The molecule has 0 aliphatic heterocycles. The van der Waals surface area contributed by atoms with Gasteiger partial charge in [-0.1, -0.05) is 12.1 Å². The van der Waals surface area contributed by atoms with E-state index in [1.165, 1.54) is 12.1 Å². The van der Waals surface area contributed by atoms with Crippen LogP contribution in [0.3, 0.4) is 0 Å². The molecule has 2 aromatic heterocycles. The van der Waals surface area contributed by atoms with Gasteiger partial charge in [0.15, 0.2) is 0 Å². The summed E-state index contributed by atoms with van der Waals surface area (Å²) in [7, 11) is 0. The first-order valence-corrected chi connectivity index (χ1v) is 7.56. The third-order valence-corrected chi connectivity index (χ3v) is 4.08. The van der Waals surface area contributed by atoms with Gasteiger partial charge in [0.2, 0.25) is 0 Å². The molecule has 0 radical (unpaired) electrons. The average molecular weight is 319 g/mol. The third kappa shape index (κ3) is 2.40. The van der Waals surface area contributed by atoms with E-state index in [1.54, 1.807) is 18.3 Å². The van der Waals surface area contributed by atoms with Crippen molar-refractivity contribution in [2.45, 2.75) is 6.92 Å². The van der Waals surface area contributed by atoms with Gasteiger partial charge in [-0.3, -0.25) is 9.78 Å². The lowest BCUT2D eigenvalue weighted by molar-refractivity contribution is 0.102. The highest BCUT2D eigenvalue weighted by atomic mass is 19.1. The molecular formula is C19H14FN3O. The maximum absolute atomic E-state index is 13.3. The molecule has 0 fully saturated rings. The Labute approximate surface area is 137 Å². The summed E-state index contributed by atoms with van der Waals surface area (Å²) in [4.78, 5) is 19.8. The Hall–Kier alpha value is -3.21. The first-order chi connectivity index (χ1) is 11.6. The number of anilines is 1. The summed E-state index contributed by atoms with van der Waals surface area (Å²) in [6, 6.07) is 13.6. The molecule has 24 heavy (non-hydrogen) atoms. The summed E-state index contributed by atoms with van der Waals surface area (Å²) >= 11 is 0. The summed E-state index contributed by atoms with van der Waals surface area (Å²) in [5.41, 5.74) is 2.73. The highest BCUT2D eigenvalue weighted by molar-refractivity contribution is 6.10. The molecule has 0 spiro atoms. The van der Waals surface area contributed by atoms with Gasteiger partial charge in [0.1, 0.15) is 11.5 Å². The van der Waals surface area contributed by atoms with Crippen LogP contribution in [0.2, 0.25) is 0 Å². The minimum atomic E-state index is -0.328. The van der Waals surface area contributed by atoms with E-state index >= 15 is 0 Å². The number of nitrogens with zero attached hydrogens (tertiary/aromatic N) is 1. The number of aryl methyl sites for hydroxylation is 1. The van der Waals surface area contributed by atoms with Crippen molar-refractivity contribution in [2.75, 3.05) is 5.32 Å². The van der Waals surface area contributed by atoms with Gasteiger partial charge in [0.25, 0.3) is 5.91 Å². The van der Waals surface area contributed by atoms with Crippen LogP contribution in [0.25, 0.3) is 21.7 Å². The lowest BCUT2D eigenvalue weighted by atomic mass is 10.1. The molecule has 4 rings (SSSR count). The fourth-order valence-electron chi connectivity index (χ4n) is 2.88. The first kappa shape index (κ1) is 14.4. The molecule has 0 aliphatic rings. The van der Waals surface area contributed by atoms with Gasteiger partial charge < -0.3 is 10.3 Å². The van der Waals surface area contributed by atoms with Gasteiger partial charge in [-0.2, -0.15) is 0 Å². The Morgan fingerprint density at radius 1 is 1.12 bits per heavy atom. The number of carbonyl (C=O) groups is 1. The number of carbonyl (C=O) groups excluding carboxylic acids is 1. The second-order valence-corrected chi connectivity index (χ2v) is 5.67. The van der Waals surface area contributed by atoms with E-state index in [9.17, 15) is 9.18 Å². The number of rotatable bonds is 2. The molecule has 2 N–H and O–H groups in total. The van der Waals surface area contributed by atoms with E-state index in [2.05, 4.69) is 15.3 Å². The van der Waals surface area contributed by atoms with E-state index in [0.717, 1.165) is 22.0 Å². The number of fused-ring (bicyclic) bond motifs is 2. The predicted octanol–water partition coefficient (Wildman–Crippen LogP) is 4.42. The first-order valence-electron chi connectivity index (χ1n) is 7.56. The van der Waals surface area contributed by atoms with E-state index < -0.39 is 0 Å². The summed E-state index contributed by atoms with van der Waals surface area (Å²) in [6.07, 6.45) is 1.72. The molecular weight excluding hydrogens is 305 g/mol. The van der Waals surface area contributed by atoms with E-state index in [4.69, 9.17) is 0 Å². The largest absolute Gasteiger partial charge is 0.351 e. The van der Waals surface area contributed by atoms with E-state index in [1.807, 2.05) is 31.2 Å². The molecule has 2 aromatic carbocycles. The normalized spacial score (nSPS) is 11.1. The molecule has 1 amide bonds. The number of aromatic nitrogens is 2. The van der Waals surface area contributed by atoms with Crippen LogP contribution in [0, 0.1) is 12.7 Å². The van der Waals surface area contributed by atoms with Crippen molar-refractivity contribution in [3.8, 4) is 0 Å². The van der Waals surface area contributed by atoms with Crippen LogP contribution in [-0.4, -0.2) is 15.9 Å². The van der Waals surface area contributed by atoms with Crippen molar-refractivity contribution in [1.82, 2.24) is 9.97 Å². The van der Waals surface area contributed by atoms with Crippen molar-refractivity contribution in [2.24, 2.45) is 0 Å². The van der Waals surface area contributed by atoms with Gasteiger partial charge in [-0.25, -0.2) is 4.39 Å². The Balaban J connectivity index is 1.72. The van der Waals surface area contributed by atoms with Crippen molar-refractivity contribution < 1.29 is 9.18 Å². The highest BCUT2D eigenvalue weighted by Gasteiger charge is 2.12. The second kappa shape index (κ2) is 5.45. The zero-order valence-corrected chi connectivity index (χ0v) is 12.9. The number of halogens is 1. The van der Waals surface area contributed by atoms with Gasteiger partial charge in [0, 0.05) is 39.3 Å². The Morgan fingerprint density at radius 3 is 2.88 bits per heavy atom. The molecule has 5 heteroatoms. The topological polar surface area (TPSA) is 57.8 Å². The third-order valence-electron chi connectivity index (χ3n) is 4.08. The Kier molecular flexibility index (Phi) is 3.27. The molecule has 0 atom stereocenters. The van der Waals surface area contributed by atoms with Crippen LogP contribution in [0.1, 0.15) is 16.2 Å². The maximum Gasteiger partial charge on any atom is 0.272 e. The average Bonchev–Trinajstić information content (AvgIpc) is 2.99. The molecule has 0 unspecified atom stereocenters. The van der Waals surface area contributed by atoms with Crippen LogP contribution in [0.5, 0.6) is 0 Å². The minimum Gasteiger partial charge on any atom is -0.351 e. The zero-order chi connectivity index (χ0) is 16.7. The smallest absolute Gasteiger partial charge is 0.272 e. The summed E-state index contributed by atoms with van der Waals surface area (Å²) in [6.45, 7) is 1.93. The second-order valence-electron chi connectivity index (χ2n) is 5.67. The maximum atomic E-state index is 13.3. The summed E-state index contributed by atoms with van der Waals surface area (Å²) < 4.78 is 13.3. The van der Waals surface area contributed by atoms with Crippen LogP contribution < -0.4 is 5.32 Å². The SMILES string of the molecule is Cc1nccc2c(NC(=O)c3cc4cc(F)ccc4[nH]3)cccc12. The molecule has 0 saturated heterocycles. The van der Waals surface area contributed by atoms with Gasteiger partial charge in [-0.05, 0) is 43.3 Å². The lowest BCUT2D eigenvalue weighted by Crippen LogP contribution is -2.12. The molecule has 4 aromatic rings. The monoisotopic (exact) mass is 319 g/mol. The van der Waals surface area contributed by atoms with Crippen LogP contribution >= 0.6 is 0 Å². The highest BCUT2D eigenvalue weighted by Crippen LogP contribution is 2.25. The van der Waals surface area contributed by atoms with Gasteiger partial charge in [-0.15, -0.1) is 0 Å². The van der Waals surface area contributed by atoms with E-state index in [0.29, 0.717) is 16.8 Å². The number of hydrogen-bond donors (Lipinski definition) is 2. The summed E-state index contributed by atoms with van der Waals surface area (Å²) in [5.74, 6) is -0.598. The standard InChI is InChI=1S/C19H14FN3O/c1-11-14-3-2-4-17(15(14)7-8-21-11)23-19(24)18-10-12-9-13(20)5-6-16(12)22-18/h2-10,22H,1H3,(H,23,24). The number of amides is 1. The number of hydrogen-bond acceptors (Lipinski definition) is 2. The van der Waals surface area contributed by atoms with E-state index in [-0.39, 0.29) is 11.7 Å². The molecule has 0 aliphatic carbocycles. The van der Waals surface area contributed by atoms with Gasteiger partial charge in [0.05, 0.1) is 0 Å². The molecule has 2 heterocycles. The van der Waals surface area contributed by atoms with Crippen molar-refractivity contribution in [1.29, 1.82) is 0 Å². The Bertz CT molecular complexity index is 1080. The molecule has 0 bridgehead atoms. The number of H-pyrrole nitrogens is 1. The fourth-order valence-corrected chi connectivity index (χ4v) is 2.88. The van der Waals surface area contributed by atoms with Crippen molar-refractivity contribution in [3.05, 3.63) is 71.9 Å². The van der Waals surface area contributed by atoms with Crippen LogP contribution in [0.4, 0.5) is 10.1 Å². The van der Waals surface area contributed by atoms with Gasteiger partial charge >= 0.3 is 0 Å². The number of benzene rings is 2. The fraction of sp³-hybridized carbons (Fsp3) is 0.0526. The van der Waals surface area contributed by atoms with Crippen LogP contribution in [-0.2, 0) is 0 Å². The summed E-state index contributed by atoms with van der Waals surface area (Å²) in [5, 5.41) is 5.50. The van der Waals surface area contributed by atoms with Crippen LogP contribution in [0.15, 0.2) is 54.7 Å². The lowest BCUT2D eigenvalue weighted by Gasteiger charge is -2.09. The number of nitrogens with one attached hydrogen (secondary N) is 2. The minimum absolute atomic E-state index is 0.270. The molecule has 118 valence electrons. The quantitative estimate of drug-likeness (QED) is 0.575. The molecule has 4 nitrogen and oxygen atoms in total. The van der Waals surface area contributed by atoms with Crippen molar-refractivity contribution in [3.63, 3.8) is 0 Å². The van der Waals surface area contributed by atoms with Crippen molar-refractivity contribution >= 4 is 33.3 Å². The number of aromatic amines is 1. The Morgan fingerprint density at radius 2 is 2.00 bits per heavy atom. The number of pyridine rings is 1. The predicted molar refractivity (Wildman–Crippen MR) is 92.7 cm³/mol. The zero-order valence-electron chi connectivity index (χ0n) is 12.9. The molecule has 0 saturated carbocycles.